The Labute approximate surface area is 110 Å². The lowest BCUT2D eigenvalue weighted by molar-refractivity contribution is -0.0477. The zero-order valence-corrected chi connectivity index (χ0v) is 11.9. The molecule has 2 atom stereocenters. The zero-order valence-electron chi connectivity index (χ0n) is 10.3. The summed E-state index contributed by atoms with van der Waals surface area (Å²) in [6, 6.07) is 2.01. The number of ether oxygens (including phenoxy) is 1. The summed E-state index contributed by atoms with van der Waals surface area (Å²) < 4.78 is 12.4. The van der Waals surface area contributed by atoms with E-state index in [2.05, 4.69) is 33.1 Å². The molecule has 0 spiro atoms. The van der Waals surface area contributed by atoms with Gasteiger partial charge in [-0.05, 0) is 35.6 Å². The van der Waals surface area contributed by atoms with Gasteiger partial charge in [0.05, 0.1) is 29.5 Å². The predicted octanol–water partition coefficient (Wildman–Crippen LogP) is 2.02. The van der Waals surface area contributed by atoms with Gasteiger partial charge in [0.15, 0.2) is 0 Å². The van der Waals surface area contributed by atoms with Gasteiger partial charge in [-0.3, -0.25) is 4.90 Å². The molecule has 0 radical (unpaired) electrons. The number of furan rings is 1. The maximum atomic E-state index is 5.86. The molecule has 96 valence electrons. The molecule has 1 N–H and O–H groups in total. The molecular formula is C12H19BrN2O2. The van der Waals surface area contributed by atoms with Gasteiger partial charge < -0.3 is 14.5 Å². The summed E-state index contributed by atoms with van der Waals surface area (Å²) in [6.07, 6.45) is 1.83. The van der Waals surface area contributed by atoms with Crippen molar-refractivity contribution in [1.29, 1.82) is 0 Å². The number of nitrogens with zero attached hydrogens (tertiary/aromatic N) is 1. The number of morpholine rings is 1. The summed E-state index contributed by atoms with van der Waals surface area (Å²) >= 11 is 3.50. The minimum absolute atomic E-state index is 0.0914. The SMILES string of the molecule is CCN1CCOC(C(NC)c2occc2Br)C1. The standard InChI is InChI=1S/C12H19BrN2O2/c1-3-15-5-7-16-10(8-15)11(14-2)12-9(13)4-6-17-12/h4,6,10-11,14H,3,5,7-8H2,1-2H3. The lowest BCUT2D eigenvalue weighted by atomic mass is 10.1. The maximum absolute atomic E-state index is 5.86. The minimum Gasteiger partial charge on any atom is -0.466 e. The summed E-state index contributed by atoms with van der Waals surface area (Å²) in [4.78, 5) is 2.40. The Kier molecular flexibility index (Phi) is 4.62. The van der Waals surface area contributed by atoms with E-state index in [1.807, 2.05) is 13.1 Å². The van der Waals surface area contributed by atoms with Crippen LogP contribution in [0.3, 0.4) is 0 Å². The molecule has 1 aliphatic heterocycles. The van der Waals surface area contributed by atoms with Crippen molar-refractivity contribution in [3.05, 3.63) is 22.6 Å². The monoisotopic (exact) mass is 302 g/mol. The van der Waals surface area contributed by atoms with Gasteiger partial charge in [0, 0.05) is 13.1 Å². The van der Waals surface area contributed by atoms with Crippen LogP contribution in [-0.4, -0.2) is 44.3 Å². The fourth-order valence-corrected chi connectivity index (χ4v) is 2.68. The normalized spacial score (nSPS) is 23.8. The molecule has 1 fully saturated rings. The summed E-state index contributed by atoms with van der Waals surface area (Å²) in [5, 5.41) is 3.28. The summed E-state index contributed by atoms with van der Waals surface area (Å²) in [6.45, 7) is 5.99. The fourth-order valence-electron chi connectivity index (χ4n) is 2.23. The second kappa shape index (κ2) is 6.00. The number of rotatable bonds is 4. The van der Waals surface area contributed by atoms with Crippen molar-refractivity contribution in [2.75, 3.05) is 33.3 Å². The van der Waals surface area contributed by atoms with E-state index >= 15 is 0 Å². The average Bonchev–Trinajstić information content (AvgIpc) is 2.77. The fraction of sp³-hybridized carbons (Fsp3) is 0.667. The van der Waals surface area contributed by atoms with Crippen LogP contribution in [0.15, 0.2) is 21.2 Å². The molecule has 1 aliphatic rings. The molecule has 0 bridgehead atoms. The van der Waals surface area contributed by atoms with E-state index in [1.54, 1.807) is 6.26 Å². The lowest BCUT2D eigenvalue weighted by Gasteiger charge is -2.35. The van der Waals surface area contributed by atoms with Crippen LogP contribution in [0.1, 0.15) is 18.7 Å². The van der Waals surface area contributed by atoms with Crippen LogP contribution < -0.4 is 5.32 Å². The zero-order chi connectivity index (χ0) is 12.3. The lowest BCUT2D eigenvalue weighted by Crippen LogP contribution is -2.47. The van der Waals surface area contributed by atoms with E-state index in [1.165, 1.54) is 0 Å². The van der Waals surface area contributed by atoms with E-state index in [-0.39, 0.29) is 12.1 Å². The number of likely N-dealkylation sites (N-methyl/N-ethyl adjacent to an activating group) is 2. The smallest absolute Gasteiger partial charge is 0.137 e. The van der Waals surface area contributed by atoms with Crippen molar-refractivity contribution in [2.24, 2.45) is 0 Å². The van der Waals surface area contributed by atoms with Crippen LogP contribution in [0.25, 0.3) is 0 Å². The van der Waals surface area contributed by atoms with E-state index in [0.29, 0.717) is 0 Å². The third-order valence-electron chi connectivity index (χ3n) is 3.23. The molecule has 1 saturated heterocycles. The Morgan fingerprint density at radius 2 is 2.47 bits per heavy atom. The molecule has 4 nitrogen and oxygen atoms in total. The Hall–Kier alpha value is -0.360. The van der Waals surface area contributed by atoms with Crippen molar-refractivity contribution in [2.45, 2.75) is 19.1 Å². The predicted molar refractivity (Wildman–Crippen MR) is 70.1 cm³/mol. The Balaban J connectivity index is 2.10. The minimum atomic E-state index is 0.0914. The molecule has 2 unspecified atom stereocenters. The highest BCUT2D eigenvalue weighted by Gasteiger charge is 2.30. The second-order valence-corrected chi connectivity index (χ2v) is 5.06. The van der Waals surface area contributed by atoms with Gasteiger partial charge in [-0.1, -0.05) is 6.92 Å². The quantitative estimate of drug-likeness (QED) is 0.923. The third kappa shape index (κ3) is 2.91. The molecule has 5 heteroatoms. The molecule has 1 aromatic rings. The Morgan fingerprint density at radius 3 is 3.06 bits per heavy atom. The molecule has 1 aromatic heterocycles. The number of hydrogen-bond donors (Lipinski definition) is 1. The van der Waals surface area contributed by atoms with E-state index < -0.39 is 0 Å². The van der Waals surface area contributed by atoms with Crippen LogP contribution >= 0.6 is 15.9 Å². The van der Waals surface area contributed by atoms with Gasteiger partial charge in [0.2, 0.25) is 0 Å². The van der Waals surface area contributed by atoms with Crippen LogP contribution in [-0.2, 0) is 4.74 Å². The second-order valence-electron chi connectivity index (χ2n) is 4.20. The average molecular weight is 303 g/mol. The first-order valence-electron chi connectivity index (χ1n) is 6.00. The molecule has 0 amide bonds. The van der Waals surface area contributed by atoms with Gasteiger partial charge in [0.1, 0.15) is 5.76 Å². The van der Waals surface area contributed by atoms with Crippen LogP contribution in [0.4, 0.5) is 0 Å². The van der Waals surface area contributed by atoms with Crippen molar-refractivity contribution < 1.29 is 9.15 Å². The van der Waals surface area contributed by atoms with Gasteiger partial charge in [0.25, 0.3) is 0 Å². The highest BCUT2D eigenvalue weighted by Crippen LogP contribution is 2.29. The van der Waals surface area contributed by atoms with Gasteiger partial charge >= 0.3 is 0 Å². The van der Waals surface area contributed by atoms with Crippen molar-refractivity contribution in [3.63, 3.8) is 0 Å². The number of hydrogen-bond acceptors (Lipinski definition) is 4. The van der Waals surface area contributed by atoms with E-state index in [9.17, 15) is 0 Å². The topological polar surface area (TPSA) is 37.6 Å². The molecular weight excluding hydrogens is 284 g/mol. The molecule has 0 saturated carbocycles. The van der Waals surface area contributed by atoms with Crippen LogP contribution in [0, 0.1) is 0 Å². The van der Waals surface area contributed by atoms with Gasteiger partial charge in [-0.15, -0.1) is 0 Å². The molecule has 2 rings (SSSR count). The van der Waals surface area contributed by atoms with Crippen LogP contribution in [0.5, 0.6) is 0 Å². The number of halogens is 1. The highest BCUT2D eigenvalue weighted by molar-refractivity contribution is 9.10. The third-order valence-corrected chi connectivity index (χ3v) is 3.89. The first kappa shape index (κ1) is 13.1. The van der Waals surface area contributed by atoms with Crippen molar-refractivity contribution in [1.82, 2.24) is 10.2 Å². The summed E-state index contributed by atoms with van der Waals surface area (Å²) in [7, 11) is 1.94. The van der Waals surface area contributed by atoms with E-state index in [0.717, 1.165) is 36.5 Å². The summed E-state index contributed by atoms with van der Waals surface area (Å²) in [5.74, 6) is 0.912. The molecule has 0 aromatic carbocycles. The Morgan fingerprint density at radius 1 is 1.65 bits per heavy atom. The maximum Gasteiger partial charge on any atom is 0.137 e. The summed E-state index contributed by atoms with van der Waals surface area (Å²) in [5.41, 5.74) is 0. The molecule has 0 aliphatic carbocycles. The first-order chi connectivity index (χ1) is 8.26. The highest BCUT2D eigenvalue weighted by atomic mass is 79.9. The first-order valence-corrected chi connectivity index (χ1v) is 6.79. The Bertz CT molecular complexity index is 356. The molecule has 2 heterocycles. The largest absolute Gasteiger partial charge is 0.466 e. The van der Waals surface area contributed by atoms with Crippen molar-refractivity contribution in [3.8, 4) is 0 Å². The number of nitrogens with one attached hydrogen (secondary N) is 1. The van der Waals surface area contributed by atoms with E-state index in [4.69, 9.17) is 9.15 Å². The molecule has 17 heavy (non-hydrogen) atoms. The van der Waals surface area contributed by atoms with Crippen LogP contribution in [0.2, 0.25) is 0 Å². The van der Waals surface area contributed by atoms with Crippen molar-refractivity contribution >= 4 is 15.9 Å². The van der Waals surface area contributed by atoms with Gasteiger partial charge in [-0.25, -0.2) is 0 Å². The van der Waals surface area contributed by atoms with Gasteiger partial charge in [-0.2, -0.15) is 0 Å².